The smallest absolute Gasteiger partial charge is 0.102 e. The van der Waals surface area contributed by atoms with E-state index in [0.29, 0.717) is 10.8 Å². The Morgan fingerprint density at radius 3 is 2.27 bits per heavy atom. The molecule has 3 fully saturated rings. The van der Waals surface area contributed by atoms with Crippen LogP contribution >= 0.6 is 0 Å². The maximum Gasteiger partial charge on any atom is 0.102 e. The molecule has 0 amide bonds. The molecule has 4 rings (SSSR count). The average molecular weight is 298 g/mol. The fourth-order valence-corrected chi connectivity index (χ4v) is 4.46. The molecular weight excluding hydrogens is 272 g/mol. The van der Waals surface area contributed by atoms with Gasteiger partial charge in [0, 0.05) is 5.41 Å². The number of nitriles is 1. The zero-order valence-electron chi connectivity index (χ0n) is 13.8. The maximum absolute atomic E-state index is 9.70. The summed E-state index contributed by atoms with van der Waals surface area (Å²) < 4.78 is 0. The lowest BCUT2D eigenvalue weighted by Crippen LogP contribution is -2.73. The summed E-state index contributed by atoms with van der Waals surface area (Å²) in [7, 11) is 0. The van der Waals surface area contributed by atoms with Gasteiger partial charge in [-0.3, -0.25) is 5.32 Å². The third kappa shape index (κ3) is 2.17. The number of hydrogen-bond acceptors (Lipinski definition) is 3. The minimum atomic E-state index is -0.172. The molecule has 3 aliphatic rings. The molecule has 0 heterocycles. The molecule has 22 heavy (non-hydrogen) atoms. The number of aliphatic hydroxyl groups is 1. The first kappa shape index (κ1) is 15.5. The van der Waals surface area contributed by atoms with Crippen LogP contribution in [0.2, 0.25) is 0 Å². The van der Waals surface area contributed by atoms with Gasteiger partial charge in [-0.15, -0.1) is 0 Å². The van der Waals surface area contributed by atoms with Gasteiger partial charge in [-0.1, -0.05) is 51.1 Å². The Kier molecular flexibility index (Phi) is 3.58. The molecule has 0 spiro atoms. The van der Waals surface area contributed by atoms with Crippen molar-refractivity contribution in [3.63, 3.8) is 0 Å². The van der Waals surface area contributed by atoms with Gasteiger partial charge in [0.15, 0.2) is 0 Å². The van der Waals surface area contributed by atoms with Crippen LogP contribution in [0, 0.1) is 27.6 Å². The molecule has 0 saturated heterocycles. The van der Waals surface area contributed by atoms with E-state index in [1.54, 1.807) is 0 Å². The molecule has 0 aromatic heterocycles. The Hall–Kier alpha value is -1.37. The van der Waals surface area contributed by atoms with Gasteiger partial charge in [-0.25, -0.2) is 0 Å². The minimum absolute atomic E-state index is 0.0166. The van der Waals surface area contributed by atoms with E-state index >= 15 is 0 Å². The molecule has 3 heteroatoms. The van der Waals surface area contributed by atoms with Crippen molar-refractivity contribution in [3.05, 3.63) is 35.9 Å². The number of aliphatic hydroxyl groups excluding tert-OH is 1. The van der Waals surface area contributed by atoms with E-state index in [1.165, 1.54) is 0 Å². The quantitative estimate of drug-likeness (QED) is 0.875. The zero-order valence-corrected chi connectivity index (χ0v) is 13.8. The molecule has 118 valence electrons. The summed E-state index contributed by atoms with van der Waals surface area (Å²) >= 11 is 0. The SMILES string of the molecule is CC(C)(C)C12CC([C@H](C#N)N[C@@H](CO)c3ccccc3)(C1)C2. The topological polar surface area (TPSA) is 56.0 Å². The molecule has 2 atom stereocenters. The van der Waals surface area contributed by atoms with E-state index in [0.717, 1.165) is 24.8 Å². The fraction of sp³-hybridized carbons (Fsp3) is 0.632. The summed E-state index contributed by atoms with van der Waals surface area (Å²) in [6.07, 6.45) is 3.42. The lowest BCUT2D eigenvalue weighted by Gasteiger charge is -2.77. The fourth-order valence-electron chi connectivity index (χ4n) is 4.46. The van der Waals surface area contributed by atoms with Crippen molar-refractivity contribution in [3.8, 4) is 6.07 Å². The van der Waals surface area contributed by atoms with Crippen molar-refractivity contribution in [2.45, 2.75) is 52.1 Å². The molecule has 0 aliphatic heterocycles. The highest BCUT2D eigenvalue weighted by molar-refractivity contribution is 5.29. The molecule has 2 bridgehead atoms. The average Bonchev–Trinajstić information content (AvgIpc) is 2.39. The second-order valence-corrected chi connectivity index (χ2v) is 8.30. The van der Waals surface area contributed by atoms with Crippen LogP contribution in [-0.2, 0) is 0 Å². The number of benzene rings is 1. The molecule has 3 nitrogen and oxygen atoms in total. The molecule has 3 saturated carbocycles. The third-order valence-electron chi connectivity index (χ3n) is 6.16. The Bertz CT molecular complexity index is 562. The summed E-state index contributed by atoms with van der Waals surface area (Å²) in [5.41, 5.74) is 1.93. The Morgan fingerprint density at radius 1 is 1.23 bits per heavy atom. The van der Waals surface area contributed by atoms with Crippen molar-refractivity contribution >= 4 is 0 Å². The van der Waals surface area contributed by atoms with E-state index in [4.69, 9.17) is 0 Å². The normalized spacial score (nSPS) is 32.3. The Morgan fingerprint density at radius 2 is 1.82 bits per heavy atom. The van der Waals surface area contributed by atoms with Crippen LogP contribution < -0.4 is 5.32 Å². The van der Waals surface area contributed by atoms with Crippen molar-refractivity contribution in [2.75, 3.05) is 6.61 Å². The number of nitrogens with one attached hydrogen (secondary N) is 1. The number of hydrogen-bond donors (Lipinski definition) is 2. The Labute approximate surface area is 133 Å². The van der Waals surface area contributed by atoms with Gasteiger partial charge in [0.05, 0.1) is 18.7 Å². The predicted octanol–water partition coefficient (Wildman–Crippen LogP) is 3.42. The van der Waals surface area contributed by atoms with Crippen LogP contribution in [0.5, 0.6) is 0 Å². The monoisotopic (exact) mass is 298 g/mol. The van der Waals surface area contributed by atoms with Gasteiger partial charge >= 0.3 is 0 Å². The van der Waals surface area contributed by atoms with Crippen LogP contribution in [0.15, 0.2) is 30.3 Å². The van der Waals surface area contributed by atoms with Crippen LogP contribution in [0.1, 0.15) is 51.6 Å². The molecule has 1 aromatic rings. The second kappa shape index (κ2) is 5.08. The maximum atomic E-state index is 9.70. The van der Waals surface area contributed by atoms with Gasteiger partial charge in [0.25, 0.3) is 0 Å². The van der Waals surface area contributed by atoms with Gasteiger partial charge in [-0.05, 0) is 35.7 Å². The van der Waals surface area contributed by atoms with Gasteiger partial charge in [0.1, 0.15) is 6.04 Å². The van der Waals surface area contributed by atoms with Crippen molar-refractivity contribution in [1.29, 1.82) is 5.26 Å². The first-order valence-electron chi connectivity index (χ1n) is 8.17. The third-order valence-corrected chi connectivity index (χ3v) is 6.16. The zero-order chi connectivity index (χ0) is 16.0. The van der Waals surface area contributed by atoms with Crippen LogP contribution in [0.25, 0.3) is 0 Å². The van der Waals surface area contributed by atoms with Gasteiger partial charge < -0.3 is 5.11 Å². The van der Waals surface area contributed by atoms with Crippen molar-refractivity contribution in [1.82, 2.24) is 5.32 Å². The van der Waals surface area contributed by atoms with Crippen molar-refractivity contribution < 1.29 is 5.11 Å². The Balaban J connectivity index is 1.69. The molecule has 0 radical (unpaired) electrons. The molecule has 3 aliphatic carbocycles. The highest BCUT2D eigenvalue weighted by Crippen LogP contribution is 2.80. The molecular formula is C19H26N2O. The summed E-state index contributed by atoms with van der Waals surface area (Å²) in [6.45, 7) is 6.95. The van der Waals surface area contributed by atoms with Crippen LogP contribution in [-0.4, -0.2) is 17.8 Å². The lowest BCUT2D eigenvalue weighted by molar-refractivity contribution is -0.266. The number of rotatable bonds is 5. The summed E-state index contributed by atoms with van der Waals surface area (Å²) in [5, 5.41) is 22.7. The van der Waals surface area contributed by atoms with Gasteiger partial charge in [-0.2, -0.15) is 5.26 Å². The van der Waals surface area contributed by atoms with Crippen LogP contribution in [0.3, 0.4) is 0 Å². The van der Waals surface area contributed by atoms with E-state index < -0.39 is 0 Å². The number of nitrogens with zero attached hydrogens (tertiary/aromatic N) is 1. The van der Waals surface area contributed by atoms with E-state index in [1.807, 2.05) is 30.3 Å². The first-order valence-corrected chi connectivity index (χ1v) is 8.17. The largest absolute Gasteiger partial charge is 0.394 e. The molecule has 0 unspecified atom stereocenters. The van der Waals surface area contributed by atoms with E-state index in [2.05, 4.69) is 32.2 Å². The lowest BCUT2D eigenvalue weighted by atomic mass is 9.28. The first-order chi connectivity index (χ1) is 10.4. The summed E-state index contributed by atoms with van der Waals surface area (Å²) in [5.74, 6) is 0. The van der Waals surface area contributed by atoms with E-state index in [9.17, 15) is 10.4 Å². The predicted molar refractivity (Wildman–Crippen MR) is 87.0 cm³/mol. The molecule has 2 N–H and O–H groups in total. The summed E-state index contributed by atoms with van der Waals surface area (Å²) in [4.78, 5) is 0. The highest BCUT2D eigenvalue weighted by Gasteiger charge is 2.73. The second-order valence-electron chi connectivity index (χ2n) is 8.30. The highest BCUT2D eigenvalue weighted by atomic mass is 16.3. The minimum Gasteiger partial charge on any atom is -0.394 e. The molecule has 1 aromatic carbocycles. The van der Waals surface area contributed by atoms with Gasteiger partial charge in [0.2, 0.25) is 0 Å². The summed E-state index contributed by atoms with van der Waals surface area (Å²) in [6, 6.07) is 12.0. The van der Waals surface area contributed by atoms with Crippen molar-refractivity contribution in [2.24, 2.45) is 16.2 Å². The van der Waals surface area contributed by atoms with E-state index in [-0.39, 0.29) is 24.1 Å². The van der Waals surface area contributed by atoms with Crippen LogP contribution in [0.4, 0.5) is 0 Å². The standard InChI is InChI=1S/C19H26N2O/c1-17(2,3)19-11-18(12-19,13-19)16(9-20)21-15(10-22)14-7-5-4-6-8-14/h4-8,15-16,21-22H,10-13H2,1-3H3/t15-,16-,18?,19?/m0/s1.